The molecule has 43 heavy (non-hydrogen) atoms. The summed E-state index contributed by atoms with van der Waals surface area (Å²) in [6.07, 6.45) is 6.54. The number of halogens is 1. The minimum Gasteiger partial charge on any atom is -0.461 e. The highest BCUT2D eigenvalue weighted by molar-refractivity contribution is 6.14. The second-order valence-electron chi connectivity index (χ2n) is 18.1. The van der Waals surface area contributed by atoms with Gasteiger partial charge in [-0.2, -0.15) is 0 Å². The molecule has 5 aliphatic carbocycles. The topological polar surface area (TPSA) is 108 Å². The molecular formula is C35H58ClNO6. The predicted molar refractivity (Wildman–Crippen MR) is 166 cm³/mol. The van der Waals surface area contributed by atoms with Crippen LogP contribution in [-0.2, 0) is 14.3 Å². The molecule has 2 unspecified atom stereocenters. The molecule has 0 bridgehead atoms. The Morgan fingerprint density at radius 1 is 0.977 bits per heavy atom. The van der Waals surface area contributed by atoms with E-state index in [-0.39, 0.29) is 68.9 Å². The third-order valence-corrected chi connectivity index (χ3v) is 15.3. The van der Waals surface area contributed by atoms with Crippen molar-refractivity contribution in [3.05, 3.63) is 0 Å². The van der Waals surface area contributed by atoms with Crippen molar-refractivity contribution in [2.75, 3.05) is 0 Å². The van der Waals surface area contributed by atoms with Crippen LogP contribution in [0, 0.1) is 50.7 Å². The number of esters is 1. The van der Waals surface area contributed by atoms with Gasteiger partial charge in [0.25, 0.3) is 0 Å². The fourth-order valence-corrected chi connectivity index (χ4v) is 13.2. The second kappa shape index (κ2) is 9.79. The monoisotopic (exact) mass is 623 g/mol. The standard InChI is InChI=1S/C35H58ClNO6/c1-19(2)25(37-36)28(40)42-21-16-22-32(8)17-20(38)26(33(9)12-11-24(43-33)30(5,6)41)31(32,7)14-15-34(22)18-35(34)13-10-23(39)29(3,4)27(21)35/h19-27,37-39,41H,10-18H2,1-9H3/t20-,21-,22?,23-,24-,25-,26-,27-,31+,32-,33+,34?,35+/m0/s1. The highest BCUT2D eigenvalue weighted by Crippen LogP contribution is 2.89. The molecule has 246 valence electrons. The number of hydrogen-bond donors (Lipinski definition) is 4. The third-order valence-electron chi connectivity index (χ3n) is 15.1. The van der Waals surface area contributed by atoms with Crippen LogP contribution < -0.4 is 4.84 Å². The van der Waals surface area contributed by atoms with Gasteiger partial charge in [0.15, 0.2) is 0 Å². The Labute approximate surface area is 264 Å². The molecule has 13 atom stereocenters. The normalized spacial score (nSPS) is 52.6. The number of carbonyl (C=O) groups excluding carboxylic acids is 1. The first-order valence-corrected chi connectivity index (χ1v) is 17.4. The average Bonchev–Trinajstić information content (AvgIpc) is 3.24. The first-order chi connectivity index (χ1) is 19.7. The van der Waals surface area contributed by atoms with Crippen molar-refractivity contribution >= 4 is 17.7 Å². The smallest absolute Gasteiger partial charge is 0.324 e. The van der Waals surface area contributed by atoms with Crippen molar-refractivity contribution in [3.63, 3.8) is 0 Å². The Bertz CT molecular complexity index is 1140. The van der Waals surface area contributed by atoms with Crippen LogP contribution in [0.3, 0.4) is 0 Å². The summed E-state index contributed by atoms with van der Waals surface area (Å²) in [5.41, 5.74) is -2.00. The summed E-state index contributed by atoms with van der Waals surface area (Å²) in [6, 6.07) is -0.604. The van der Waals surface area contributed by atoms with Crippen LogP contribution in [0.25, 0.3) is 0 Å². The molecule has 1 aliphatic heterocycles. The van der Waals surface area contributed by atoms with Crippen molar-refractivity contribution in [1.82, 2.24) is 4.84 Å². The van der Waals surface area contributed by atoms with Crippen LogP contribution in [0.5, 0.6) is 0 Å². The Morgan fingerprint density at radius 3 is 2.23 bits per heavy atom. The highest BCUT2D eigenvalue weighted by Gasteiger charge is 2.85. The predicted octanol–water partition coefficient (Wildman–Crippen LogP) is 5.76. The van der Waals surface area contributed by atoms with Crippen molar-refractivity contribution in [3.8, 4) is 0 Å². The van der Waals surface area contributed by atoms with Crippen molar-refractivity contribution in [2.45, 2.75) is 162 Å². The van der Waals surface area contributed by atoms with E-state index in [2.05, 4.69) is 39.5 Å². The van der Waals surface area contributed by atoms with E-state index < -0.39 is 29.5 Å². The van der Waals surface area contributed by atoms with Crippen LogP contribution in [0.2, 0.25) is 0 Å². The molecule has 0 amide bonds. The molecule has 0 aromatic rings. The quantitative estimate of drug-likeness (QED) is 0.220. The van der Waals surface area contributed by atoms with E-state index in [1.54, 1.807) is 0 Å². The molecule has 2 spiro atoms. The van der Waals surface area contributed by atoms with E-state index in [1.165, 1.54) is 0 Å². The molecule has 4 N–H and O–H groups in total. The largest absolute Gasteiger partial charge is 0.461 e. The highest BCUT2D eigenvalue weighted by atomic mass is 35.5. The lowest BCUT2D eigenvalue weighted by molar-refractivity contribution is -0.221. The van der Waals surface area contributed by atoms with Gasteiger partial charge in [-0.1, -0.05) is 41.5 Å². The molecule has 0 radical (unpaired) electrons. The summed E-state index contributed by atoms with van der Waals surface area (Å²) < 4.78 is 13.3. The van der Waals surface area contributed by atoms with Gasteiger partial charge in [-0.3, -0.25) is 4.79 Å². The number of nitrogens with one attached hydrogen (secondary N) is 1. The van der Waals surface area contributed by atoms with Crippen LogP contribution in [0.1, 0.15) is 120 Å². The van der Waals surface area contributed by atoms with Gasteiger partial charge in [0.1, 0.15) is 12.1 Å². The van der Waals surface area contributed by atoms with Gasteiger partial charge in [0.05, 0.1) is 29.5 Å². The lowest BCUT2D eigenvalue weighted by Gasteiger charge is -2.64. The molecule has 7 nitrogen and oxygen atoms in total. The van der Waals surface area contributed by atoms with Crippen molar-refractivity contribution < 1.29 is 29.6 Å². The lowest BCUT2D eigenvalue weighted by atomic mass is 9.41. The fraction of sp³-hybridized carbons (Fsp3) is 0.971. The van der Waals surface area contributed by atoms with Crippen LogP contribution in [-0.4, -0.2) is 62.9 Å². The maximum absolute atomic E-state index is 13.6. The number of aliphatic hydroxyl groups is 3. The van der Waals surface area contributed by atoms with Crippen LogP contribution >= 0.6 is 11.8 Å². The van der Waals surface area contributed by atoms with E-state index >= 15 is 0 Å². The van der Waals surface area contributed by atoms with E-state index in [9.17, 15) is 20.1 Å². The van der Waals surface area contributed by atoms with E-state index in [4.69, 9.17) is 21.3 Å². The number of aliphatic hydroxyl groups excluding tert-OH is 2. The maximum Gasteiger partial charge on any atom is 0.324 e. The van der Waals surface area contributed by atoms with Gasteiger partial charge in [0.2, 0.25) is 0 Å². The molecule has 6 rings (SSSR count). The van der Waals surface area contributed by atoms with E-state index in [1.807, 2.05) is 27.7 Å². The zero-order chi connectivity index (χ0) is 31.8. The van der Waals surface area contributed by atoms with Crippen molar-refractivity contribution in [1.29, 1.82) is 0 Å². The summed E-state index contributed by atoms with van der Waals surface area (Å²) in [4.78, 5) is 16.3. The number of fused-ring (bicyclic) bond motifs is 2. The Balaban J connectivity index is 1.39. The molecular weight excluding hydrogens is 566 g/mol. The summed E-state index contributed by atoms with van der Waals surface area (Å²) in [5, 5.41) is 34.1. The minimum absolute atomic E-state index is 0.0198. The minimum atomic E-state index is -0.928. The Hall–Kier alpha value is -0.440. The first kappa shape index (κ1) is 32.5. The molecule has 5 saturated carbocycles. The molecule has 8 heteroatoms. The first-order valence-electron chi connectivity index (χ1n) is 17.1. The number of hydrogen-bond acceptors (Lipinski definition) is 7. The van der Waals surface area contributed by atoms with E-state index in [0.29, 0.717) is 6.42 Å². The molecule has 1 heterocycles. The molecule has 6 fully saturated rings. The summed E-state index contributed by atoms with van der Waals surface area (Å²) in [5.74, 6) is -0.0145. The average molecular weight is 624 g/mol. The number of carbonyl (C=O) groups is 1. The lowest BCUT2D eigenvalue weighted by Crippen LogP contribution is -2.63. The van der Waals surface area contributed by atoms with Crippen LogP contribution in [0.15, 0.2) is 0 Å². The van der Waals surface area contributed by atoms with Gasteiger partial charge in [-0.25, -0.2) is 4.84 Å². The SMILES string of the molecule is CC(C)[C@H](NCl)C(=O)O[C@H]1CC2C3(CC[C@]4(C)[C@@H]([C@@]5(C)CC[C@@H](C(C)(C)O)O5)[C@@H](O)C[C@@]24C)C[C@@]32CC[C@H](O)C(C)(C)[C@H]12. The van der Waals surface area contributed by atoms with Crippen LogP contribution in [0.4, 0.5) is 0 Å². The van der Waals surface area contributed by atoms with Gasteiger partial charge in [0, 0.05) is 11.8 Å². The number of ether oxygens (including phenoxy) is 2. The molecule has 6 aliphatic rings. The van der Waals surface area contributed by atoms with Gasteiger partial charge >= 0.3 is 5.97 Å². The zero-order valence-electron chi connectivity index (χ0n) is 28.0. The molecule has 1 saturated heterocycles. The maximum atomic E-state index is 13.6. The Morgan fingerprint density at radius 2 is 1.65 bits per heavy atom. The molecule has 0 aromatic carbocycles. The summed E-state index contributed by atoms with van der Waals surface area (Å²) in [6.45, 7) is 18.9. The second-order valence-corrected chi connectivity index (χ2v) is 18.4. The van der Waals surface area contributed by atoms with E-state index in [0.717, 1.165) is 51.4 Å². The summed E-state index contributed by atoms with van der Waals surface area (Å²) in [7, 11) is 0. The van der Waals surface area contributed by atoms with Gasteiger partial charge < -0.3 is 24.8 Å². The number of rotatable bonds is 6. The van der Waals surface area contributed by atoms with Gasteiger partial charge in [-0.05, 0) is 129 Å². The molecule has 0 aromatic heterocycles. The zero-order valence-corrected chi connectivity index (χ0v) is 28.8. The van der Waals surface area contributed by atoms with Crippen molar-refractivity contribution in [2.24, 2.45) is 50.7 Å². The van der Waals surface area contributed by atoms with Gasteiger partial charge in [-0.15, -0.1) is 0 Å². The fourth-order valence-electron chi connectivity index (χ4n) is 12.9. The Kier molecular flexibility index (Phi) is 7.40. The summed E-state index contributed by atoms with van der Waals surface area (Å²) >= 11 is 6.05. The third kappa shape index (κ3) is 4.19.